The molecule has 3 aromatic carbocycles. The fourth-order valence-corrected chi connectivity index (χ4v) is 7.91. The van der Waals surface area contributed by atoms with Crippen molar-refractivity contribution in [3.8, 4) is 0 Å². The smallest absolute Gasteiger partial charge is 0.192 e. The maximum Gasteiger partial charge on any atom is 0.192 e. The molecule has 0 fully saturated rings. The summed E-state index contributed by atoms with van der Waals surface area (Å²) in [6.07, 6.45) is 1.96. The molecule has 4 rings (SSSR count). The molecule has 0 amide bonds. The van der Waals surface area contributed by atoms with Gasteiger partial charge in [0.2, 0.25) is 0 Å². The van der Waals surface area contributed by atoms with E-state index in [4.69, 9.17) is 10.2 Å². The van der Waals surface area contributed by atoms with Crippen molar-refractivity contribution in [2.45, 2.75) is 57.0 Å². The van der Waals surface area contributed by atoms with Crippen molar-refractivity contribution < 1.29 is 4.43 Å². The highest BCUT2D eigenvalue weighted by atomic mass is 28.4. The predicted octanol–water partition coefficient (Wildman–Crippen LogP) is 7.39. The minimum atomic E-state index is -1.90. The van der Waals surface area contributed by atoms with Crippen LogP contribution in [0.25, 0.3) is 10.9 Å². The number of H-pyrrole nitrogens is 1. The lowest BCUT2D eigenvalue weighted by molar-refractivity contribution is 0.151. The molecule has 0 saturated carbocycles. The SMILES string of the molecule is CC[Si](CC)(CC)O[C@@H](c1ccccc1)[C@@H](N)[C@H](c1ccccc1)c1c[nH]c2ccccc12. The number of aromatic amines is 1. The number of hydrogen-bond donors (Lipinski definition) is 2. The van der Waals surface area contributed by atoms with Gasteiger partial charge in [-0.1, -0.05) is 99.6 Å². The van der Waals surface area contributed by atoms with Crippen LogP contribution in [0.4, 0.5) is 0 Å². The van der Waals surface area contributed by atoms with Gasteiger partial charge in [-0.2, -0.15) is 0 Å². The molecule has 0 spiro atoms. The second kappa shape index (κ2) is 10.5. The van der Waals surface area contributed by atoms with Gasteiger partial charge in [0.1, 0.15) is 0 Å². The molecule has 0 saturated heterocycles. The van der Waals surface area contributed by atoms with E-state index in [1.807, 2.05) is 0 Å². The van der Waals surface area contributed by atoms with Gasteiger partial charge in [0, 0.05) is 29.1 Å². The lowest BCUT2D eigenvalue weighted by atomic mass is 9.81. The highest BCUT2D eigenvalue weighted by Crippen LogP contribution is 2.40. The van der Waals surface area contributed by atoms with Gasteiger partial charge < -0.3 is 15.1 Å². The average molecular weight is 457 g/mol. The Labute approximate surface area is 199 Å². The summed E-state index contributed by atoms with van der Waals surface area (Å²) in [4.78, 5) is 3.47. The normalized spacial score (nSPS) is 14.8. The number of benzene rings is 3. The third kappa shape index (κ3) is 4.84. The van der Waals surface area contributed by atoms with Crippen LogP contribution in [0.5, 0.6) is 0 Å². The fourth-order valence-electron chi connectivity index (χ4n) is 5.08. The fraction of sp³-hybridized carbons (Fsp3) is 0.310. The molecular weight excluding hydrogens is 420 g/mol. The summed E-state index contributed by atoms with van der Waals surface area (Å²) < 4.78 is 7.15. The van der Waals surface area contributed by atoms with Crippen LogP contribution in [0.1, 0.15) is 49.5 Å². The molecule has 4 heteroatoms. The summed E-state index contributed by atoms with van der Waals surface area (Å²) in [6, 6.07) is 32.8. The van der Waals surface area contributed by atoms with E-state index in [0.29, 0.717) is 0 Å². The van der Waals surface area contributed by atoms with Crippen molar-refractivity contribution >= 4 is 19.2 Å². The zero-order chi connectivity index (χ0) is 23.3. The molecule has 3 nitrogen and oxygen atoms in total. The number of hydrogen-bond acceptors (Lipinski definition) is 2. The maximum absolute atomic E-state index is 7.26. The van der Waals surface area contributed by atoms with Crippen molar-refractivity contribution in [2.24, 2.45) is 5.73 Å². The molecule has 3 N–H and O–H groups in total. The first kappa shape index (κ1) is 23.5. The first-order chi connectivity index (χ1) is 16.1. The number of nitrogens with two attached hydrogens (primary N) is 1. The van der Waals surface area contributed by atoms with Gasteiger partial charge in [-0.15, -0.1) is 0 Å². The number of rotatable bonds is 10. The Balaban J connectivity index is 1.85. The Morgan fingerprint density at radius 1 is 0.758 bits per heavy atom. The summed E-state index contributed by atoms with van der Waals surface area (Å²) in [6.45, 7) is 6.84. The van der Waals surface area contributed by atoms with E-state index in [-0.39, 0.29) is 18.1 Å². The Hall–Kier alpha value is -2.66. The molecule has 33 heavy (non-hydrogen) atoms. The van der Waals surface area contributed by atoms with Crippen LogP contribution >= 0.6 is 0 Å². The van der Waals surface area contributed by atoms with E-state index in [2.05, 4.69) is 117 Å². The molecule has 172 valence electrons. The van der Waals surface area contributed by atoms with Crippen molar-refractivity contribution in [3.05, 3.63) is 108 Å². The monoisotopic (exact) mass is 456 g/mol. The van der Waals surface area contributed by atoms with Crippen LogP contribution in [0.2, 0.25) is 18.1 Å². The van der Waals surface area contributed by atoms with Crippen LogP contribution < -0.4 is 5.73 Å². The summed E-state index contributed by atoms with van der Waals surface area (Å²) in [5.41, 5.74) is 12.0. The highest BCUT2D eigenvalue weighted by molar-refractivity contribution is 6.73. The molecule has 0 radical (unpaired) electrons. The van der Waals surface area contributed by atoms with E-state index in [1.54, 1.807) is 0 Å². The highest BCUT2D eigenvalue weighted by Gasteiger charge is 2.38. The number of aromatic nitrogens is 1. The minimum absolute atomic E-state index is 0.00447. The number of para-hydroxylation sites is 1. The van der Waals surface area contributed by atoms with Gasteiger partial charge in [0.05, 0.1) is 6.10 Å². The zero-order valence-corrected chi connectivity index (χ0v) is 21.0. The van der Waals surface area contributed by atoms with Gasteiger partial charge in [-0.05, 0) is 40.9 Å². The maximum atomic E-state index is 7.26. The van der Waals surface area contributed by atoms with Crippen LogP contribution in [-0.2, 0) is 4.43 Å². The van der Waals surface area contributed by atoms with E-state index < -0.39 is 8.32 Å². The van der Waals surface area contributed by atoms with Gasteiger partial charge in [0.15, 0.2) is 8.32 Å². The topological polar surface area (TPSA) is 51.0 Å². The molecular formula is C29H36N2OSi. The van der Waals surface area contributed by atoms with Crippen LogP contribution in [0.3, 0.4) is 0 Å². The van der Waals surface area contributed by atoms with Gasteiger partial charge in [-0.25, -0.2) is 0 Å². The molecule has 0 bridgehead atoms. The summed E-state index contributed by atoms with van der Waals surface area (Å²) in [5, 5.41) is 1.22. The Morgan fingerprint density at radius 2 is 1.30 bits per heavy atom. The summed E-state index contributed by atoms with van der Waals surface area (Å²) >= 11 is 0. The molecule has 0 unspecified atom stereocenters. The van der Waals surface area contributed by atoms with Gasteiger partial charge in [-0.3, -0.25) is 0 Å². The molecule has 1 aromatic heterocycles. The summed E-state index contributed by atoms with van der Waals surface area (Å²) in [7, 11) is -1.90. The molecule has 0 aliphatic heterocycles. The number of nitrogens with one attached hydrogen (secondary N) is 1. The lowest BCUT2D eigenvalue weighted by Crippen LogP contribution is -2.45. The van der Waals surface area contributed by atoms with Crippen molar-refractivity contribution in [1.29, 1.82) is 0 Å². The Morgan fingerprint density at radius 3 is 1.91 bits per heavy atom. The largest absolute Gasteiger partial charge is 0.408 e. The Bertz CT molecular complexity index is 1130. The van der Waals surface area contributed by atoms with Gasteiger partial charge in [0.25, 0.3) is 0 Å². The number of fused-ring (bicyclic) bond motifs is 1. The van der Waals surface area contributed by atoms with Gasteiger partial charge >= 0.3 is 0 Å². The van der Waals surface area contributed by atoms with Crippen molar-refractivity contribution in [2.75, 3.05) is 0 Å². The van der Waals surface area contributed by atoms with Crippen LogP contribution in [-0.4, -0.2) is 19.3 Å². The molecule has 4 aromatic rings. The quantitative estimate of drug-likeness (QED) is 0.244. The third-order valence-corrected chi connectivity index (χ3v) is 11.9. The van der Waals surface area contributed by atoms with Crippen molar-refractivity contribution in [1.82, 2.24) is 4.98 Å². The molecule has 1 heterocycles. The van der Waals surface area contributed by atoms with E-state index in [9.17, 15) is 0 Å². The van der Waals surface area contributed by atoms with E-state index in [0.717, 1.165) is 29.2 Å². The molecule has 0 aliphatic rings. The zero-order valence-electron chi connectivity index (χ0n) is 20.0. The second-order valence-electron chi connectivity index (χ2n) is 8.95. The predicted molar refractivity (Wildman–Crippen MR) is 142 cm³/mol. The van der Waals surface area contributed by atoms with E-state index >= 15 is 0 Å². The average Bonchev–Trinajstić information content (AvgIpc) is 3.30. The standard InChI is InChI=1S/C29H36N2OSi/c1-4-33(5-2,6-3)32-29(23-17-11-8-12-18-23)28(30)27(22-15-9-7-10-16-22)25-21-31-26-20-14-13-19-24(25)26/h7-21,27-29,31H,4-6,30H2,1-3H3/t27-,28+,29+/m1/s1. The molecule has 3 atom stereocenters. The first-order valence-corrected chi connectivity index (χ1v) is 14.7. The third-order valence-electron chi connectivity index (χ3n) is 7.29. The Kier molecular flexibility index (Phi) is 7.48. The van der Waals surface area contributed by atoms with Crippen molar-refractivity contribution in [3.63, 3.8) is 0 Å². The first-order valence-electron chi connectivity index (χ1n) is 12.2. The molecule has 0 aliphatic carbocycles. The van der Waals surface area contributed by atoms with Crippen LogP contribution in [0, 0.1) is 0 Å². The van der Waals surface area contributed by atoms with E-state index in [1.165, 1.54) is 16.5 Å². The second-order valence-corrected chi connectivity index (χ2v) is 13.7. The summed E-state index contributed by atoms with van der Waals surface area (Å²) in [5.74, 6) is 0.00447. The lowest BCUT2D eigenvalue weighted by Gasteiger charge is -2.39. The van der Waals surface area contributed by atoms with Crippen LogP contribution in [0.15, 0.2) is 91.1 Å². The minimum Gasteiger partial charge on any atom is -0.408 e.